The minimum Gasteiger partial charge on any atom is -0.399 e. The van der Waals surface area contributed by atoms with Crippen molar-refractivity contribution in [3.05, 3.63) is 29.8 Å². The summed E-state index contributed by atoms with van der Waals surface area (Å²) in [5.74, 6) is 0.144. The average Bonchev–Trinajstić information content (AvgIpc) is 2.24. The molecule has 0 heterocycles. The highest BCUT2D eigenvalue weighted by atomic mass is 16.1. The summed E-state index contributed by atoms with van der Waals surface area (Å²) in [5, 5.41) is 3.20. The van der Waals surface area contributed by atoms with Crippen LogP contribution in [-0.4, -0.2) is 18.9 Å². The summed E-state index contributed by atoms with van der Waals surface area (Å²) in [6.07, 6.45) is 1.62. The summed E-state index contributed by atoms with van der Waals surface area (Å²) < 4.78 is 0. The second-order valence-corrected chi connectivity index (χ2v) is 3.55. The number of benzene rings is 1. The van der Waals surface area contributed by atoms with Crippen LogP contribution in [-0.2, 0) is 0 Å². The van der Waals surface area contributed by atoms with E-state index in [0.29, 0.717) is 17.7 Å². The van der Waals surface area contributed by atoms with E-state index in [1.165, 1.54) is 0 Å². The first-order valence-electron chi connectivity index (χ1n) is 5.33. The van der Waals surface area contributed by atoms with Crippen molar-refractivity contribution in [2.24, 2.45) is 0 Å². The van der Waals surface area contributed by atoms with Crippen molar-refractivity contribution in [2.75, 3.05) is 18.8 Å². The van der Waals surface area contributed by atoms with Crippen LogP contribution in [0.25, 0.3) is 0 Å². The molecule has 3 heteroatoms. The molecule has 0 amide bonds. The molecule has 1 rings (SSSR count). The van der Waals surface area contributed by atoms with Gasteiger partial charge in [0.05, 0.1) is 0 Å². The number of Topliss-reactive ketones (excluding diaryl/α,β-unsaturated/α-hetero) is 1. The molecule has 0 aliphatic carbocycles. The molecule has 1 aromatic rings. The molecule has 15 heavy (non-hydrogen) atoms. The quantitative estimate of drug-likeness (QED) is 0.424. The van der Waals surface area contributed by atoms with Crippen molar-refractivity contribution in [3.63, 3.8) is 0 Å². The van der Waals surface area contributed by atoms with E-state index in [0.717, 1.165) is 19.5 Å². The molecule has 0 saturated heterocycles. The number of hydrogen-bond acceptors (Lipinski definition) is 3. The maximum absolute atomic E-state index is 11.7. The number of carbonyl (C=O) groups excluding carboxylic acids is 1. The Morgan fingerprint density at radius 2 is 2.20 bits per heavy atom. The molecule has 82 valence electrons. The van der Waals surface area contributed by atoms with Crippen molar-refractivity contribution >= 4 is 11.5 Å². The molecule has 0 atom stereocenters. The molecule has 0 unspecified atom stereocenters. The first-order chi connectivity index (χ1) is 7.24. The molecule has 0 bridgehead atoms. The predicted molar refractivity (Wildman–Crippen MR) is 63.0 cm³/mol. The van der Waals surface area contributed by atoms with Crippen LogP contribution < -0.4 is 11.1 Å². The molecule has 0 aliphatic rings. The Morgan fingerprint density at radius 3 is 2.87 bits per heavy atom. The average molecular weight is 206 g/mol. The van der Waals surface area contributed by atoms with Crippen LogP contribution in [0.3, 0.4) is 0 Å². The summed E-state index contributed by atoms with van der Waals surface area (Å²) in [5.41, 5.74) is 6.95. The number of anilines is 1. The number of hydrogen-bond donors (Lipinski definition) is 2. The van der Waals surface area contributed by atoms with Crippen LogP contribution in [0.15, 0.2) is 24.3 Å². The van der Waals surface area contributed by atoms with Gasteiger partial charge in [0.15, 0.2) is 5.78 Å². The Morgan fingerprint density at radius 1 is 1.40 bits per heavy atom. The smallest absolute Gasteiger partial charge is 0.164 e. The highest BCUT2D eigenvalue weighted by Gasteiger charge is 2.04. The van der Waals surface area contributed by atoms with E-state index in [1.807, 2.05) is 6.07 Å². The van der Waals surface area contributed by atoms with E-state index in [4.69, 9.17) is 5.73 Å². The van der Waals surface area contributed by atoms with Gasteiger partial charge in [-0.15, -0.1) is 0 Å². The molecule has 0 fully saturated rings. The van der Waals surface area contributed by atoms with Crippen LogP contribution in [0, 0.1) is 0 Å². The molecule has 0 aromatic heterocycles. The summed E-state index contributed by atoms with van der Waals surface area (Å²) in [6.45, 7) is 3.80. The van der Waals surface area contributed by atoms with Gasteiger partial charge in [-0.3, -0.25) is 4.79 Å². The van der Waals surface area contributed by atoms with E-state index in [1.54, 1.807) is 18.2 Å². The zero-order valence-electron chi connectivity index (χ0n) is 9.12. The Kier molecular flexibility index (Phi) is 4.84. The van der Waals surface area contributed by atoms with E-state index in [2.05, 4.69) is 12.2 Å². The van der Waals surface area contributed by atoms with Crippen LogP contribution in [0.5, 0.6) is 0 Å². The molecule has 3 nitrogen and oxygen atoms in total. The lowest BCUT2D eigenvalue weighted by Crippen LogP contribution is -2.19. The molecular weight excluding hydrogens is 188 g/mol. The Balaban J connectivity index is 2.40. The molecule has 0 spiro atoms. The highest BCUT2D eigenvalue weighted by Crippen LogP contribution is 2.08. The van der Waals surface area contributed by atoms with E-state index in [-0.39, 0.29) is 5.78 Å². The molecule has 0 radical (unpaired) electrons. The minimum atomic E-state index is 0.144. The molecule has 1 aromatic carbocycles. The van der Waals surface area contributed by atoms with Crippen LogP contribution >= 0.6 is 0 Å². The fourth-order valence-electron chi connectivity index (χ4n) is 1.36. The number of ketones is 1. The van der Waals surface area contributed by atoms with Crippen molar-refractivity contribution in [3.8, 4) is 0 Å². The highest BCUT2D eigenvalue weighted by molar-refractivity contribution is 5.96. The van der Waals surface area contributed by atoms with Gasteiger partial charge in [-0.2, -0.15) is 0 Å². The maximum atomic E-state index is 11.7. The second kappa shape index (κ2) is 6.19. The minimum absolute atomic E-state index is 0.144. The zero-order valence-corrected chi connectivity index (χ0v) is 9.12. The molecule has 0 saturated carbocycles. The standard InChI is InChI=1S/C12H18N2O/c1-2-7-14-8-6-12(15)10-4-3-5-11(13)9-10/h3-5,9,14H,2,6-8,13H2,1H3. The zero-order chi connectivity index (χ0) is 11.1. The topological polar surface area (TPSA) is 55.1 Å². The van der Waals surface area contributed by atoms with Gasteiger partial charge >= 0.3 is 0 Å². The van der Waals surface area contributed by atoms with Crippen LogP contribution in [0.4, 0.5) is 5.69 Å². The van der Waals surface area contributed by atoms with E-state index >= 15 is 0 Å². The maximum Gasteiger partial charge on any atom is 0.164 e. The normalized spacial score (nSPS) is 10.2. The third-order valence-electron chi connectivity index (χ3n) is 2.16. The lowest BCUT2D eigenvalue weighted by molar-refractivity contribution is 0.0982. The van der Waals surface area contributed by atoms with E-state index < -0.39 is 0 Å². The van der Waals surface area contributed by atoms with Crippen molar-refractivity contribution in [1.82, 2.24) is 5.32 Å². The van der Waals surface area contributed by atoms with Gasteiger partial charge in [0.25, 0.3) is 0 Å². The van der Waals surface area contributed by atoms with Gasteiger partial charge in [0, 0.05) is 24.2 Å². The van der Waals surface area contributed by atoms with Crippen LogP contribution in [0.2, 0.25) is 0 Å². The Hall–Kier alpha value is -1.35. The number of nitrogens with two attached hydrogens (primary N) is 1. The van der Waals surface area contributed by atoms with Crippen molar-refractivity contribution in [2.45, 2.75) is 19.8 Å². The van der Waals surface area contributed by atoms with Crippen molar-refractivity contribution < 1.29 is 4.79 Å². The first kappa shape index (κ1) is 11.7. The molecule has 0 aliphatic heterocycles. The van der Waals surface area contributed by atoms with Crippen LogP contribution in [0.1, 0.15) is 30.1 Å². The van der Waals surface area contributed by atoms with Gasteiger partial charge in [-0.1, -0.05) is 19.1 Å². The summed E-state index contributed by atoms with van der Waals surface area (Å²) in [6, 6.07) is 7.12. The Labute approximate surface area is 90.7 Å². The summed E-state index contributed by atoms with van der Waals surface area (Å²) >= 11 is 0. The lowest BCUT2D eigenvalue weighted by atomic mass is 10.1. The second-order valence-electron chi connectivity index (χ2n) is 3.55. The van der Waals surface area contributed by atoms with Gasteiger partial charge in [-0.05, 0) is 25.1 Å². The fourth-order valence-corrected chi connectivity index (χ4v) is 1.36. The summed E-state index contributed by atoms with van der Waals surface area (Å²) in [7, 11) is 0. The van der Waals surface area contributed by atoms with Crippen molar-refractivity contribution in [1.29, 1.82) is 0 Å². The number of carbonyl (C=O) groups is 1. The third-order valence-corrected chi connectivity index (χ3v) is 2.16. The number of rotatable bonds is 6. The van der Waals surface area contributed by atoms with E-state index in [9.17, 15) is 4.79 Å². The van der Waals surface area contributed by atoms with Gasteiger partial charge in [0.1, 0.15) is 0 Å². The number of nitrogen functional groups attached to an aromatic ring is 1. The largest absolute Gasteiger partial charge is 0.399 e. The SMILES string of the molecule is CCCNCCC(=O)c1cccc(N)c1. The Bertz CT molecular complexity index is 323. The van der Waals surface area contributed by atoms with Gasteiger partial charge in [0.2, 0.25) is 0 Å². The predicted octanol–water partition coefficient (Wildman–Crippen LogP) is 1.84. The summed E-state index contributed by atoms with van der Waals surface area (Å²) in [4.78, 5) is 11.7. The fraction of sp³-hybridized carbons (Fsp3) is 0.417. The lowest BCUT2D eigenvalue weighted by Gasteiger charge is -2.03. The third kappa shape index (κ3) is 4.13. The molecular formula is C12H18N2O. The molecule has 3 N–H and O–H groups in total. The first-order valence-corrected chi connectivity index (χ1v) is 5.33. The number of nitrogens with one attached hydrogen (secondary N) is 1. The van der Waals surface area contributed by atoms with Gasteiger partial charge in [-0.25, -0.2) is 0 Å². The van der Waals surface area contributed by atoms with Gasteiger partial charge < -0.3 is 11.1 Å². The monoisotopic (exact) mass is 206 g/mol.